The van der Waals surface area contributed by atoms with E-state index in [9.17, 15) is 9.59 Å². The van der Waals surface area contributed by atoms with E-state index in [0.29, 0.717) is 6.29 Å². The van der Waals surface area contributed by atoms with Crippen LogP contribution in [0.4, 0.5) is 0 Å². The van der Waals surface area contributed by atoms with E-state index in [-0.39, 0.29) is 19.6 Å². The average molecular weight is 172 g/mol. The third kappa shape index (κ3) is 3.88. The molecule has 4 heteroatoms. The van der Waals surface area contributed by atoms with Gasteiger partial charge >= 0.3 is 5.97 Å². The summed E-state index contributed by atoms with van der Waals surface area (Å²) in [6.07, 6.45) is 2.26. The topological polar surface area (TPSA) is 63.6 Å². The van der Waals surface area contributed by atoms with Gasteiger partial charge in [0.05, 0.1) is 6.61 Å². The van der Waals surface area contributed by atoms with Crippen LogP contribution in [-0.2, 0) is 14.3 Å². The lowest BCUT2D eigenvalue weighted by Crippen LogP contribution is -2.19. The number of allylic oxidation sites excluding steroid dienone is 1. The molecule has 0 aliphatic carbocycles. The Morgan fingerprint density at radius 2 is 2.33 bits per heavy atom. The van der Waals surface area contributed by atoms with Gasteiger partial charge in [-0.1, -0.05) is 6.08 Å². The summed E-state index contributed by atoms with van der Waals surface area (Å²) in [6, 6.07) is 0. The van der Waals surface area contributed by atoms with Gasteiger partial charge in [-0.15, -0.1) is 6.58 Å². The largest absolute Gasteiger partial charge is 0.463 e. The van der Waals surface area contributed by atoms with E-state index in [4.69, 9.17) is 5.11 Å². The van der Waals surface area contributed by atoms with Crippen molar-refractivity contribution >= 4 is 12.3 Å². The Morgan fingerprint density at radius 1 is 1.67 bits per heavy atom. The lowest BCUT2D eigenvalue weighted by Gasteiger charge is -2.06. The molecule has 0 fully saturated rings. The van der Waals surface area contributed by atoms with E-state index in [2.05, 4.69) is 11.3 Å². The Labute approximate surface area is 70.8 Å². The molecule has 0 spiro atoms. The molecule has 0 aliphatic heterocycles. The molecular weight excluding hydrogens is 160 g/mol. The van der Waals surface area contributed by atoms with Crippen molar-refractivity contribution in [1.29, 1.82) is 0 Å². The first kappa shape index (κ1) is 10.8. The second-order valence-electron chi connectivity index (χ2n) is 2.16. The van der Waals surface area contributed by atoms with Gasteiger partial charge in [0.2, 0.25) is 0 Å². The Morgan fingerprint density at radius 3 is 2.75 bits per heavy atom. The molecule has 68 valence electrons. The molecule has 0 radical (unpaired) electrons. The fraction of sp³-hybridized carbons (Fsp3) is 0.500. The number of rotatable bonds is 6. The Hall–Kier alpha value is -1.16. The van der Waals surface area contributed by atoms with Crippen molar-refractivity contribution in [2.24, 2.45) is 5.92 Å². The first-order valence-electron chi connectivity index (χ1n) is 3.60. The van der Waals surface area contributed by atoms with E-state index < -0.39 is 11.9 Å². The lowest BCUT2D eigenvalue weighted by atomic mass is 10.1. The Kier molecular flexibility index (Phi) is 5.91. The summed E-state index contributed by atoms with van der Waals surface area (Å²) >= 11 is 0. The van der Waals surface area contributed by atoms with Gasteiger partial charge in [-0.05, 0) is 6.42 Å². The molecule has 0 saturated carbocycles. The number of hydrogen-bond acceptors (Lipinski definition) is 4. The maximum atomic E-state index is 10.9. The first-order valence-corrected chi connectivity index (χ1v) is 3.60. The van der Waals surface area contributed by atoms with Crippen molar-refractivity contribution in [3.8, 4) is 0 Å². The molecule has 1 atom stereocenters. The van der Waals surface area contributed by atoms with Gasteiger partial charge in [0.25, 0.3) is 0 Å². The molecule has 0 amide bonds. The molecular formula is C8H12O4. The maximum absolute atomic E-state index is 10.9. The number of ether oxygens (including phenoxy) is 1. The van der Waals surface area contributed by atoms with Crippen molar-refractivity contribution in [3.05, 3.63) is 12.7 Å². The highest BCUT2D eigenvalue weighted by atomic mass is 16.5. The molecule has 0 aromatic heterocycles. The number of hydrogen-bond donors (Lipinski definition) is 1. The molecule has 4 nitrogen and oxygen atoms in total. The smallest absolute Gasteiger partial charge is 0.316 e. The normalized spacial score (nSPS) is 11.8. The van der Waals surface area contributed by atoms with Gasteiger partial charge in [-0.2, -0.15) is 0 Å². The van der Waals surface area contributed by atoms with Gasteiger partial charge in [-0.25, -0.2) is 0 Å². The van der Waals surface area contributed by atoms with Crippen molar-refractivity contribution in [2.75, 3.05) is 13.2 Å². The zero-order valence-corrected chi connectivity index (χ0v) is 6.73. The molecule has 0 saturated heterocycles. The second kappa shape index (κ2) is 6.54. The highest BCUT2D eigenvalue weighted by Crippen LogP contribution is 2.02. The van der Waals surface area contributed by atoms with Crippen LogP contribution in [0, 0.1) is 5.92 Å². The van der Waals surface area contributed by atoms with Crippen molar-refractivity contribution < 1.29 is 19.4 Å². The molecule has 0 bridgehead atoms. The third-order valence-corrected chi connectivity index (χ3v) is 1.22. The number of carbonyl (C=O) groups excluding carboxylic acids is 2. The quantitative estimate of drug-likeness (QED) is 0.263. The minimum atomic E-state index is -0.783. The van der Waals surface area contributed by atoms with E-state index in [0.717, 1.165) is 0 Å². The lowest BCUT2D eigenvalue weighted by molar-refractivity contribution is -0.150. The van der Waals surface area contributed by atoms with Crippen LogP contribution in [0.1, 0.15) is 6.42 Å². The minimum Gasteiger partial charge on any atom is -0.463 e. The van der Waals surface area contributed by atoms with Crippen LogP contribution in [0.3, 0.4) is 0 Å². The Balaban J connectivity index is 3.84. The number of aliphatic hydroxyl groups excluding tert-OH is 1. The first-order chi connectivity index (χ1) is 5.76. The van der Waals surface area contributed by atoms with Crippen molar-refractivity contribution in [2.45, 2.75) is 6.42 Å². The minimum absolute atomic E-state index is 0.0691. The summed E-state index contributed by atoms with van der Waals surface area (Å²) in [5.74, 6) is -1.40. The highest BCUT2D eigenvalue weighted by molar-refractivity contribution is 5.87. The van der Waals surface area contributed by atoms with Gasteiger partial charge in [0.1, 0.15) is 18.8 Å². The second-order valence-corrected chi connectivity index (χ2v) is 2.16. The maximum Gasteiger partial charge on any atom is 0.316 e. The SMILES string of the molecule is C=CCC(C=O)C(=O)OCCO. The summed E-state index contributed by atoms with van der Waals surface area (Å²) in [5.41, 5.74) is 0. The van der Waals surface area contributed by atoms with Crippen molar-refractivity contribution in [1.82, 2.24) is 0 Å². The van der Waals surface area contributed by atoms with E-state index >= 15 is 0 Å². The summed E-state index contributed by atoms with van der Waals surface area (Å²) < 4.78 is 4.53. The van der Waals surface area contributed by atoms with Crippen molar-refractivity contribution in [3.63, 3.8) is 0 Å². The van der Waals surface area contributed by atoms with Gasteiger partial charge in [0.15, 0.2) is 0 Å². The zero-order valence-electron chi connectivity index (χ0n) is 6.73. The fourth-order valence-corrected chi connectivity index (χ4v) is 0.640. The summed E-state index contributed by atoms with van der Waals surface area (Å²) in [4.78, 5) is 21.2. The molecule has 0 aliphatic rings. The zero-order chi connectivity index (χ0) is 9.40. The predicted molar refractivity (Wildman–Crippen MR) is 42.4 cm³/mol. The fourth-order valence-electron chi connectivity index (χ4n) is 0.640. The third-order valence-electron chi connectivity index (χ3n) is 1.22. The summed E-state index contributed by atoms with van der Waals surface area (Å²) in [7, 11) is 0. The van der Waals surface area contributed by atoms with E-state index in [1.54, 1.807) is 0 Å². The monoisotopic (exact) mass is 172 g/mol. The number of carbonyl (C=O) groups is 2. The molecule has 0 heterocycles. The molecule has 0 aromatic carbocycles. The van der Waals surface area contributed by atoms with Crippen LogP contribution in [0.25, 0.3) is 0 Å². The molecule has 0 rings (SSSR count). The van der Waals surface area contributed by atoms with Crippen LogP contribution in [-0.4, -0.2) is 30.6 Å². The van der Waals surface area contributed by atoms with Gasteiger partial charge < -0.3 is 14.6 Å². The van der Waals surface area contributed by atoms with Gasteiger partial charge in [0, 0.05) is 0 Å². The van der Waals surface area contributed by atoms with Crippen LogP contribution in [0.15, 0.2) is 12.7 Å². The molecule has 12 heavy (non-hydrogen) atoms. The van der Waals surface area contributed by atoms with Crippen LogP contribution in [0.5, 0.6) is 0 Å². The summed E-state index contributed by atoms with van der Waals surface area (Å²) in [5, 5.41) is 8.31. The average Bonchev–Trinajstić information content (AvgIpc) is 2.10. The standard InChI is InChI=1S/C8H12O4/c1-2-3-7(6-10)8(11)12-5-4-9/h2,6-7,9H,1,3-5H2. The highest BCUT2D eigenvalue weighted by Gasteiger charge is 2.16. The predicted octanol–water partition coefficient (Wildman–Crippen LogP) is -0.0869. The molecule has 0 aromatic rings. The van der Waals surface area contributed by atoms with Crippen LogP contribution in [0.2, 0.25) is 0 Å². The summed E-state index contributed by atoms with van der Waals surface area (Å²) in [6.45, 7) is 3.10. The molecule has 1 unspecified atom stereocenters. The number of aldehydes is 1. The van der Waals surface area contributed by atoms with Crippen LogP contribution < -0.4 is 0 Å². The van der Waals surface area contributed by atoms with Gasteiger partial charge in [-0.3, -0.25) is 4.79 Å². The Bertz CT molecular complexity index is 164. The van der Waals surface area contributed by atoms with E-state index in [1.807, 2.05) is 0 Å². The number of aliphatic hydroxyl groups is 1. The van der Waals surface area contributed by atoms with E-state index in [1.165, 1.54) is 6.08 Å². The molecule has 1 N–H and O–H groups in total. The number of esters is 1. The van der Waals surface area contributed by atoms with Crippen LogP contribution >= 0.6 is 0 Å².